The third kappa shape index (κ3) is 4.13. The minimum absolute atomic E-state index is 0.0525. The van der Waals surface area contributed by atoms with Crippen molar-refractivity contribution in [2.75, 3.05) is 0 Å². The Morgan fingerprint density at radius 1 is 0.763 bits per heavy atom. The van der Waals surface area contributed by atoms with Crippen molar-refractivity contribution in [3.8, 4) is 21.7 Å². The van der Waals surface area contributed by atoms with Gasteiger partial charge in [0.2, 0.25) is 0 Å². The molecule has 38 heavy (non-hydrogen) atoms. The summed E-state index contributed by atoms with van der Waals surface area (Å²) < 4.78 is 1.30. The minimum Gasteiger partial charge on any atom is -0.255 e. The van der Waals surface area contributed by atoms with Crippen LogP contribution in [0, 0.1) is 6.92 Å². The first-order valence-corrected chi connectivity index (χ1v) is 21.2. The Morgan fingerprint density at radius 2 is 1.47 bits per heavy atom. The number of nitrogens with zero attached hydrogens (tertiary/aromatic N) is 1. The van der Waals surface area contributed by atoms with Crippen molar-refractivity contribution in [3.63, 3.8) is 0 Å². The van der Waals surface area contributed by atoms with Gasteiger partial charge >= 0.3 is 0 Å². The molecule has 194 valence electrons. The van der Waals surface area contributed by atoms with E-state index in [9.17, 15) is 0 Å². The fraction of sp³-hybridized carbons (Fsp3) is 0.324. The van der Waals surface area contributed by atoms with Crippen LogP contribution < -0.4 is 10.4 Å². The molecule has 0 saturated carbocycles. The van der Waals surface area contributed by atoms with Gasteiger partial charge in [0.25, 0.3) is 0 Å². The fourth-order valence-electron chi connectivity index (χ4n) is 6.43. The quantitative estimate of drug-likeness (QED) is 0.200. The van der Waals surface area contributed by atoms with Crippen molar-refractivity contribution in [1.29, 1.82) is 0 Å². The highest BCUT2D eigenvalue weighted by atomic mass is 32.1. The van der Waals surface area contributed by atoms with E-state index < -0.39 is 16.1 Å². The van der Waals surface area contributed by atoms with E-state index in [-0.39, 0.29) is 5.41 Å². The predicted octanol–water partition coefficient (Wildman–Crippen LogP) is 9.23. The second kappa shape index (κ2) is 8.74. The van der Waals surface area contributed by atoms with Gasteiger partial charge in [-0.2, -0.15) is 0 Å². The van der Waals surface area contributed by atoms with E-state index in [1.165, 1.54) is 60.1 Å². The second-order valence-corrected chi connectivity index (χ2v) is 24.2. The summed E-state index contributed by atoms with van der Waals surface area (Å²) in [6.45, 7) is 19.5. The summed E-state index contributed by atoms with van der Waals surface area (Å²) in [5.74, 6) is 0. The highest BCUT2D eigenvalue weighted by molar-refractivity contribution is 7.23. The Kier molecular flexibility index (Phi) is 5.91. The van der Waals surface area contributed by atoms with Gasteiger partial charge in [0.05, 0.1) is 26.5 Å². The molecule has 0 bridgehead atoms. The summed E-state index contributed by atoms with van der Waals surface area (Å²) >= 11 is 1.93. The number of pyridine rings is 1. The van der Waals surface area contributed by atoms with E-state index in [4.69, 9.17) is 4.98 Å². The number of aromatic nitrogens is 1. The first kappa shape index (κ1) is 25.7. The summed E-state index contributed by atoms with van der Waals surface area (Å²) in [6.07, 6.45) is 2.00. The molecule has 3 heterocycles. The molecule has 0 amide bonds. The first-order valence-electron chi connectivity index (χ1n) is 13.9. The van der Waals surface area contributed by atoms with Gasteiger partial charge < -0.3 is 0 Å². The number of fused-ring (bicyclic) bond motifs is 3. The van der Waals surface area contributed by atoms with Crippen molar-refractivity contribution in [3.05, 3.63) is 78.0 Å². The average molecular weight is 550 g/mol. The lowest BCUT2D eigenvalue weighted by molar-refractivity contribution is 0.596. The molecule has 5 aromatic rings. The SMILES string of the molecule is Cc1c(-c2ccc3c(c2)[Si](C)(C)CC[Si]3(C)C)sc2c(-c3cc(C(C)(C)C)c4ccccc4c3)nccc12. The molecule has 0 N–H and O–H groups in total. The molecule has 6 rings (SSSR count). The third-order valence-electron chi connectivity index (χ3n) is 8.91. The molecule has 0 atom stereocenters. The molecule has 3 aromatic carbocycles. The summed E-state index contributed by atoms with van der Waals surface area (Å²) in [6, 6.07) is 26.1. The number of aryl methyl sites for hydroxylation is 1. The molecule has 0 fully saturated rings. The molecule has 2 aromatic heterocycles. The molecule has 4 heteroatoms. The van der Waals surface area contributed by atoms with E-state index in [2.05, 4.69) is 115 Å². The second-order valence-electron chi connectivity index (χ2n) is 13.6. The van der Waals surface area contributed by atoms with Gasteiger partial charge in [0.15, 0.2) is 0 Å². The largest absolute Gasteiger partial charge is 0.255 e. The Labute approximate surface area is 234 Å². The first-order chi connectivity index (χ1) is 17.9. The maximum atomic E-state index is 4.99. The number of thiophene rings is 1. The van der Waals surface area contributed by atoms with Crippen molar-refractivity contribution in [1.82, 2.24) is 4.98 Å². The summed E-state index contributed by atoms with van der Waals surface area (Å²) in [7, 11) is -2.75. The van der Waals surface area contributed by atoms with E-state index in [1.807, 2.05) is 17.5 Å². The summed E-state index contributed by atoms with van der Waals surface area (Å²) in [5.41, 5.74) is 6.55. The maximum absolute atomic E-state index is 4.99. The van der Waals surface area contributed by atoms with Gasteiger partial charge in [-0.3, -0.25) is 4.98 Å². The van der Waals surface area contributed by atoms with E-state index in [0.29, 0.717) is 0 Å². The van der Waals surface area contributed by atoms with Crippen LogP contribution >= 0.6 is 11.3 Å². The molecule has 0 aliphatic carbocycles. The normalized spacial score (nSPS) is 16.6. The topological polar surface area (TPSA) is 12.9 Å². The Morgan fingerprint density at radius 3 is 2.21 bits per heavy atom. The molecule has 1 aliphatic rings. The monoisotopic (exact) mass is 549 g/mol. The van der Waals surface area contributed by atoms with Gasteiger partial charge in [0.1, 0.15) is 0 Å². The van der Waals surface area contributed by atoms with Crippen LogP contribution in [0.4, 0.5) is 0 Å². The van der Waals surface area contributed by atoms with Gasteiger partial charge in [-0.25, -0.2) is 0 Å². The number of hydrogen-bond acceptors (Lipinski definition) is 2. The van der Waals surface area contributed by atoms with Crippen molar-refractivity contribution in [2.45, 2.75) is 71.4 Å². The van der Waals surface area contributed by atoms with Crippen LogP contribution in [0.15, 0.2) is 66.9 Å². The highest BCUT2D eigenvalue weighted by Crippen LogP contribution is 2.43. The molecular formula is C34H39NSSi2. The van der Waals surface area contributed by atoms with E-state index in [1.54, 1.807) is 10.4 Å². The molecule has 0 unspecified atom stereocenters. The number of benzene rings is 3. The fourth-order valence-corrected chi connectivity index (χ4v) is 18.0. The molecule has 0 saturated heterocycles. The molecule has 0 radical (unpaired) electrons. The van der Waals surface area contributed by atoms with Gasteiger partial charge in [0, 0.05) is 16.6 Å². The lowest BCUT2D eigenvalue weighted by Crippen LogP contribution is -2.63. The smallest absolute Gasteiger partial charge is 0.0880 e. The van der Waals surface area contributed by atoms with Crippen LogP contribution in [0.3, 0.4) is 0 Å². The minimum atomic E-state index is -1.41. The van der Waals surface area contributed by atoms with Gasteiger partial charge in [-0.15, -0.1) is 11.3 Å². The lowest BCUT2D eigenvalue weighted by atomic mass is 9.82. The third-order valence-corrected chi connectivity index (χ3v) is 17.8. The maximum Gasteiger partial charge on any atom is 0.0880 e. The van der Waals surface area contributed by atoms with Gasteiger partial charge in [-0.1, -0.05) is 112 Å². The van der Waals surface area contributed by atoms with Crippen LogP contribution in [0.1, 0.15) is 31.9 Å². The van der Waals surface area contributed by atoms with Crippen molar-refractivity contribution < 1.29 is 0 Å². The Balaban J connectivity index is 1.56. The van der Waals surface area contributed by atoms with E-state index >= 15 is 0 Å². The molecular weight excluding hydrogens is 511 g/mol. The Bertz CT molecular complexity index is 1720. The standard InChI is InChI=1S/C34H39NSSi2/c1-22-26-15-16-35-31(25-19-23-11-9-10-12-27(23)28(20-25)34(2,3)4)33(26)36-32(22)24-13-14-29-30(21-24)38(7,8)18-17-37(29,5)6/h9-16,19-21H,17-18H2,1-8H3. The molecule has 1 nitrogen and oxygen atoms in total. The molecule has 1 aliphatic heterocycles. The van der Waals surface area contributed by atoms with Crippen LogP contribution in [-0.4, -0.2) is 21.1 Å². The zero-order chi connectivity index (χ0) is 27.0. The summed E-state index contributed by atoms with van der Waals surface area (Å²) in [5, 5.41) is 7.40. The zero-order valence-corrected chi connectivity index (χ0v) is 26.9. The van der Waals surface area contributed by atoms with Gasteiger partial charge in [-0.05, 0) is 63.4 Å². The van der Waals surface area contributed by atoms with Crippen LogP contribution in [0.25, 0.3) is 42.6 Å². The zero-order valence-electron chi connectivity index (χ0n) is 24.1. The van der Waals surface area contributed by atoms with Crippen molar-refractivity contribution >= 4 is 58.7 Å². The average Bonchev–Trinajstić information content (AvgIpc) is 3.22. The Hall–Kier alpha value is -2.54. The van der Waals surface area contributed by atoms with Crippen LogP contribution in [0.5, 0.6) is 0 Å². The molecule has 0 spiro atoms. The number of hydrogen-bond donors (Lipinski definition) is 0. The highest BCUT2D eigenvalue weighted by Gasteiger charge is 2.39. The van der Waals surface area contributed by atoms with Crippen LogP contribution in [0.2, 0.25) is 38.3 Å². The summed E-state index contributed by atoms with van der Waals surface area (Å²) in [4.78, 5) is 6.40. The van der Waals surface area contributed by atoms with Crippen LogP contribution in [-0.2, 0) is 5.41 Å². The van der Waals surface area contributed by atoms with E-state index in [0.717, 1.165) is 5.69 Å². The lowest BCUT2D eigenvalue weighted by Gasteiger charge is -2.39. The van der Waals surface area contributed by atoms with Crippen molar-refractivity contribution in [2.24, 2.45) is 0 Å². The number of rotatable bonds is 2. The predicted molar refractivity (Wildman–Crippen MR) is 175 cm³/mol.